The molecular weight excluding hydrogens is 370 g/mol. The van der Waals surface area contributed by atoms with Crippen LogP contribution in [0.15, 0.2) is 54.6 Å². The minimum Gasteiger partial charge on any atom is -0.324 e. The summed E-state index contributed by atoms with van der Waals surface area (Å²) in [6, 6.07) is 15.0. The molecule has 0 aliphatic carbocycles. The number of anilines is 1. The van der Waals surface area contributed by atoms with Crippen LogP contribution in [0.2, 0.25) is 0 Å². The second-order valence-electron chi connectivity index (χ2n) is 6.99. The highest BCUT2D eigenvalue weighted by Crippen LogP contribution is 2.33. The SMILES string of the molecule is CCCC1(c2ccccc2)NC(=O)N(CC(=O)Nc2ccccc2C(C)=O)C1=O. The van der Waals surface area contributed by atoms with Crippen LogP contribution in [0.4, 0.5) is 10.5 Å². The maximum absolute atomic E-state index is 13.2. The molecule has 0 saturated carbocycles. The number of hydrogen-bond donors (Lipinski definition) is 2. The predicted octanol–water partition coefficient (Wildman–Crippen LogP) is 3.08. The number of nitrogens with one attached hydrogen (secondary N) is 2. The van der Waals surface area contributed by atoms with Crippen molar-refractivity contribution in [3.63, 3.8) is 0 Å². The second-order valence-corrected chi connectivity index (χ2v) is 6.99. The molecular formula is C22H23N3O4. The van der Waals surface area contributed by atoms with Gasteiger partial charge >= 0.3 is 6.03 Å². The summed E-state index contributed by atoms with van der Waals surface area (Å²) in [6.07, 6.45) is 1.10. The van der Waals surface area contributed by atoms with Crippen molar-refractivity contribution in [1.29, 1.82) is 0 Å². The van der Waals surface area contributed by atoms with Crippen molar-refractivity contribution in [1.82, 2.24) is 10.2 Å². The molecule has 2 N–H and O–H groups in total. The number of carbonyl (C=O) groups excluding carboxylic acids is 4. The number of carbonyl (C=O) groups is 4. The lowest BCUT2D eigenvalue weighted by molar-refractivity contribution is -0.134. The predicted molar refractivity (Wildman–Crippen MR) is 108 cm³/mol. The lowest BCUT2D eigenvalue weighted by atomic mass is 9.85. The molecule has 2 aromatic rings. The molecule has 1 aliphatic heterocycles. The standard InChI is InChI=1S/C22H23N3O4/c1-3-13-22(16-9-5-4-6-10-16)20(28)25(21(29)24-22)14-19(27)23-18-12-8-7-11-17(18)15(2)26/h4-12H,3,13-14H2,1-2H3,(H,23,27)(H,24,29). The van der Waals surface area contributed by atoms with Gasteiger partial charge in [0.15, 0.2) is 5.78 Å². The molecule has 2 aromatic carbocycles. The zero-order chi connectivity index (χ0) is 21.0. The van der Waals surface area contributed by atoms with Gasteiger partial charge in [0.1, 0.15) is 12.1 Å². The van der Waals surface area contributed by atoms with E-state index >= 15 is 0 Å². The minimum absolute atomic E-state index is 0.193. The van der Waals surface area contributed by atoms with E-state index in [0.29, 0.717) is 29.7 Å². The summed E-state index contributed by atoms with van der Waals surface area (Å²) in [7, 11) is 0. The molecule has 1 aliphatic rings. The monoisotopic (exact) mass is 393 g/mol. The summed E-state index contributed by atoms with van der Waals surface area (Å²) in [5, 5.41) is 5.41. The Labute approximate surface area is 169 Å². The largest absolute Gasteiger partial charge is 0.325 e. The highest BCUT2D eigenvalue weighted by atomic mass is 16.2. The van der Waals surface area contributed by atoms with Gasteiger partial charge in [-0.1, -0.05) is 55.8 Å². The third-order valence-corrected chi connectivity index (χ3v) is 4.95. The van der Waals surface area contributed by atoms with Crippen LogP contribution >= 0.6 is 0 Å². The summed E-state index contributed by atoms with van der Waals surface area (Å²) in [4.78, 5) is 51.0. The first-order valence-electron chi connectivity index (χ1n) is 9.48. The number of urea groups is 1. The topological polar surface area (TPSA) is 95.6 Å². The van der Waals surface area contributed by atoms with Gasteiger partial charge in [-0.15, -0.1) is 0 Å². The summed E-state index contributed by atoms with van der Waals surface area (Å²) < 4.78 is 0. The first-order valence-corrected chi connectivity index (χ1v) is 9.48. The van der Waals surface area contributed by atoms with Crippen molar-refractivity contribution in [2.45, 2.75) is 32.2 Å². The molecule has 7 nitrogen and oxygen atoms in total. The smallest absolute Gasteiger partial charge is 0.324 e. The van der Waals surface area contributed by atoms with Crippen LogP contribution in [0.3, 0.4) is 0 Å². The number of imide groups is 1. The maximum Gasteiger partial charge on any atom is 0.325 e. The van der Waals surface area contributed by atoms with Gasteiger partial charge in [-0.2, -0.15) is 0 Å². The molecule has 4 amide bonds. The van der Waals surface area contributed by atoms with Crippen molar-refractivity contribution in [2.75, 3.05) is 11.9 Å². The van der Waals surface area contributed by atoms with Crippen molar-refractivity contribution in [3.8, 4) is 0 Å². The van der Waals surface area contributed by atoms with Crippen LogP contribution in [-0.4, -0.2) is 35.1 Å². The quantitative estimate of drug-likeness (QED) is 0.558. The first-order chi connectivity index (χ1) is 13.9. The number of Topliss-reactive ketones (excluding diaryl/α,β-unsaturated/α-hetero) is 1. The van der Waals surface area contributed by atoms with Crippen molar-refractivity contribution in [2.24, 2.45) is 0 Å². The van der Waals surface area contributed by atoms with E-state index in [1.165, 1.54) is 6.92 Å². The zero-order valence-electron chi connectivity index (χ0n) is 16.4. The molecule has 150 valence electrons. The fourth-order valence-electron chi connectivity index (χ4n) is 3.61. The lowest BCUT2D eigenvalue weighted by Crippen LogP contribution is -2.44. The van der Waals surface area contributed by atoms with Crippen LogP contribution in [0.25, 0.3) is 0 Å². The number of hydrogen-bond acceptors (Lipinski definition) is 4. The Morgan fingerprint density at radius 1 is 1.03 bits per heavy atom. The van der Waals surface area contributed by atoms with Crippen molar-refractivity contribution in [3.05, 3.63) is 65.7 Å². The van der Waals surface area contributed by atoms with Crippen LogP contribution in [0, 0.1) is 0 Å². The molecule has 0 bridgehead atoms. The number of nitrogens with zero attached hydrogens (tertiary/aromatic N) is 1. The van der Waals surface area contributed by atoms with E-state index in [-0.39, 0.29) is 5.78 Å². The second kappa shape index (κ2) is 8.26. The van der Waals surface area contributed by atoms with Crippen molar-refractivity contribution < 1.29 is 19.2 Å². The summed E-state index contributed by atoms with van der Waals surface area (Å²) in [5.41, 5.74) is 0.220. The van der Waals surface area contributed by atoms with E-state index in [2.05, 4.69) is 10.6 Å². The van der Waals surface area contributed by atoms with Gasteiger partial charge in [0, 0.05) is 5.56 Å². The number of ketones is 1. The third kappa shape index (κ3) is 3.89. The molecule has 0 aromatic heterocycles. The number of para-hydroxylation sites is 1. The molecule has 0 radical (unpaired) electrons. The van der Waals surface area contributed by atoms with Gasteiger partial charge in [0.2, 0.25) is 5.91 Å². The van der Waals surface area contributed by atoms with E-state index in [1.54, 1.807) is 48.5 Å². The molecule has 7 heteroatoms. The molecule has 0 spiro atoms. The van der Waals surface area contributed by atoms with Gasteiger partial charge in [-0.25, -0.2) is 4.79 Å². The number of rotatable bonds is 7. The van der Waals surface area contributed by atoms with Gasteiger partial charge in [0.25, 0.3) is 5.91 Å². The van der Waals surface area contributed by atoms with Crippen molar-refractivity contribution >= 4 is 29.3 Å². The molecule has 1 atom stereocenters. The molecule has 29 heavy (non-hydrogen) atoms. The first kappa shape index (κ1) is 20.3. The van der Waals surface area contributed by atoms with E-state index in [9.17, 15) is 19.2 Å². The Hall–Kier alpha value is -3.48. The molecule has 1 unspecified atom stereocenters. The average Bonchev–Trinajstić information content (AvgIpc) is 2.94. The zero-order valence-corrected chi connectivity index (χ0v) is 16.4. The average molecular weight is 393 g/mol. The van der Waals surface area contributed by atoms with Crippen LogP contribution in [0.1, 0.15) is 42.6 Å². The number of benzene rings is 2. The van der Waals surface area contributed by atoms with E-state index in [1.807, 2.05) is 13.0 Å². The van der Waals surface area contributed by atoms with E-state index in [4.69, 9.17) is 0 Å². The lowest BCUT2D eigenvalue weighted by Gasteiger charge is -2.26. The molecule has 1 fully saturated rings. The number of amides is 4. The Bertz CT molecular complexity index is 958. The van der Waals surface area contributed by atoms with Gasteiger partial charge in [-0.3, -0.25) is 19.3 Å². The van der Waals surface area contributed by atoms with Crippen LogP contribution < -0.4 is 10.6 Å². The van der Waals surface area contributed by atoms with Gasteiger partial charge in [0.05, 0.1) is 5.69 Å². The van der Waals surface area contributed by atoms with Gasteiger partial charge < -0.3 is 10.6 Å². The summed E-state index contributed by atoms with van der Waals surface area (Å²) in [6.45, 7) is 2.90. The fraction of sp³-hybridized carbons (Fsp3) is 0.273. The molecule has 1 saturated heterocycles. The fourth-order valence-corrected chi connectivity index (χ4v) is 3.61. The summed E-state index contributed by atoms with van der Waals surface area (Å²) in [5.74, 6) is -1.20. The highest BCUT2D eigenvalue weighted by Gasteiger charge is 2.52. The highest BCUT2D eigenvalue weighted by molar-refractivity contribution is 6.11. The normalized spacial score (nSPS) is 18.5. The Morgan fingerprint density at radius 3 is 2.34 bits per heavy atom. The molecule has 3 rings (SSSR count). The Kier molecular flexibility index (Phi) is 5.77. The maximum atomic E-state index is 13.2. The third-order valence-electron chi connectivity index (χ3n) is 4.95. The van der Waals surface area contributed by atoms with Crippen LogP contribution in [0.5, 0.6) is 0 Å². The molecule has 1 heterocycles. The van der Waals surface area contributed by atoms with E-state index < -0.39 is 29.9 Å². The Morgan fingerprint density at radius 2 is 1.69 bits per heavy atom. The van der Waals surface area contributed by atoms with E-state index in [0.717, 1.165) is 4.90 Å². The van der Waals surface area contributed by atoms with Crippen LogP contribution in [-0.2, 0) is 15.1 Å². The summed E-state index contributed by atoms with van der Waals surface area (Å²) >= 11 is 0. The minimum atomic E-state index is -1.18. The Balaban J connectivity index is 1.81. The van der Waals surface area contributed by atoms with Gasteiger partial charge in [-0.05, 0) is 31.0 Å².